The van der Waals surface area contributed by atoms with E-state index in [2.05, 4.69) is 4.72 Å². The fourth-order valence-corrected chi connectivity index (χ4v) is 2.90. The van der Waals surface area contributed by atoms with Crippen LogP contribution in [0.3, 0.4) is 0 Å². The summed E-state index contributed by atoms with van der Waals surface area (Å²) in [7, 11) is -1.85. The highest BCUT2D eigenvalue weighted by molar-refractivity contribution is 7.89. The molecule has 1 aliphatic carbocycles. The highest BCUT2D eigenvalue weighted by Crippen LogP contribution is 2.18. The molecule has 0 spiro atoms. The van der Waals surface area contributed by atoms with Gasteiger partial charge in [-0.3, -0.25) is 4.79 Å². The van der Waals surface area contributed by atoms with E-state index in [1.54, 1.807) is 6.08 Å². The van der Waals surface area contributed by atoms with E-state index < -0.39 is 28.0 Å². The Balaban J connectivity index is 2.40. The molecule has 1 rings (SSSR count). The number of carboxylic acid groups (broad SMARTS) is 1. The molecule has 17 heavy (non-hydrogen) atoms. The maximum absolute atomic E-state index is 11.6. The van der Waals surface area contributed by atoms with E-state index in [9.17, 15) is 13.2 Å². The summed E-state index contributed by atoms with van der Waals surface area (Å²) in [5.74, 6) is -1.54. The highest BCUT2D eigenvalue weighted by atomic mass is 32.2. The van der Waals surface area contributed by atoms with Crippen molar-refractivity contribution in [1.29, 1.82) is 0 Å². The van der Waals surface area contributed by atoms with Gasteiger partial charge in [-0.2, -0.15) is 0 Å². The maximum atomic E-state index is 11.6. The Hall–Kier alpha value is -0.920. The van der Waals surface area contributed by atoms with Crippen molar-refractivity contribution in [3.63, 3.8) is 0 Å². The Kier molecular flexibility index (Phi) is 5.10. The molecule has 2 unspecified atom stereocenters. The molecule has 0 fully saturated rings. The lowest BCUT2D eigenvalue weighted by atomic mass is 10.1. The van der Waals surface area contributed by atoms with Crippen LogP contribution in [-0.2, 0) is 19.6 Å². The number of ether oxygens (including phenoxy) is 1. The summed E-state index contributed by atoms with van der Waals surface area (Å²) >= 11 is 0. The van der Waals surface area contributed by atoms with Crippen LogP contribution >= 0.6 is 0 Å². The second kappa shape index (κ2) is 6.13. The quantitative estimate of drug-likeness (QED) is 0.497. The predicted octanol–water partition coefficient (Wildman–Crippen LogP) is -0.0284. The first-order valence-electron chi connectivity index (χ1n) is 5.34. The molecular formula is C10H17NO5S. The van der Waals surface area contributed by atoms with Crippen LogP contribution < -0.4 is 4.72 Å². The van der Waals surface area contributed by atoms with Gasteiger partial charge in [0.05, 0.1) is 11.7 Å². The topological polar surface area (TPSA) is 92.7 Å². The number of sulfonamides is 1. The molecule has 0 heterocycles. The monoisotopic (exact) mass is 263 g/mol. The van der Waals surface area contributed by atoms with Crippen molar-refractivity contribution in [1.82, 2.24) is 4.72 Å². The van der Waals surface area contributed by atoms with Crippen molar-refractivity contribution in [2.45, 2.75) is 18.9 Å². The molecule has 98 valence electrons. The lowest BCUT2D eigenvalue weighted by Crippen LogP contribution is -2.35. The Morgan fingerprint density at radius 2 is 2.24 bits per heavy atom. The van der Waals surface area contributed by atoms with Crippen LogP contribution in [0, 0.1) is 5.92 Å². The minimum Gasteiger partial charge on any atom is -0.481 e. The van der Waals surface area contributed by atoms with Gasteiger partial charge < -0.3 is 9.84 Å². The zero-order valence-corrected chi connectivity index (χ0v) is 10.4. The van der Waals surface area contributed by atoms with E-state index in [4.69, 9.17) is 9.84 Å². The molecule has 2 atom stereocenters. The molecule has 1 aliphatic rings. The van der Waals surface area contributed by atoms with Crippen molar-refractivity contribution < 1.29 is 23.1 Å². The number of carbonyl (C=O) groups is 1. The van der Waals surface area contributed by atoms with Gasteiger partial charge in [0.15, 0.2) is 0 Å². The number of hydrogen-bond acceptors (Lipinski definition) is 4. The van der Waals surface area contributed by atoms with Crippen molar-refractivity contribution in [3.8, 4) is 0 Å². The van der Waals surface area contributed by atoms with E-state index >= 15 is 0 Å². The van der Waals surface area contributed by atoms with Crippen LogP contribution in [0.5, 0.6) is 0 Å². The van der Waals surface area contributed by atoms with Crippen LogP contribution in [-0.4, -0.2) is 45.0 Å². The Morgan fingerprint density at radius 1 is 1.53 bits per heavy atom. The van der Waals surface area contributed by atoms with Crippen LogP contribution in [0.4, 0.5) is 0 Å². The molecule has 0 aromatic carbocycles. The molecule has 0 radical (unpaired) electrons. The summed E-state index contributed by atoms with van der Waals surface area (Å²) in [4.78, 5) is 10.7. The first kappa shape index (κ1) is 14.1. The molecule has 0 bridgehead atoms. The third-order valence-electron chi connectivity index (χ3n) is 2.49. The largest absolute Gasteiger partial charge is 0.481 e. The zero-order valence-electron chi connectivity index (χ0n) is 9.63. The van der Waals surface area contributed by atoms with Crippen molar-refractivity contribution in [3.05, 3.63) is 12.2 Å². The average molecular weight is 263 g/mol. The second-order valence-electron chi connectivity index (χ2n) is 3.95. The van der Waals surface area contributed by atoms with Gasteiger partial charge in [0.25, 0.3) is 0 Å². The molecule has 0 saturated heterocycles. The standard InChI is InChI=1S/C10H17NO5S/c1-16-5-2-6-17(14,15)11-9-4-3-8(7-9)10(12)13/h3-4,8-9,11H,2,5-7H2,1H3,(H,12,13). The smallest absolute Gasteiger partial charge is 0.310 e. The summed E-state index contributed by atoms with van der Waals surface area (Å²) in [6, 6.07) is -0.413. The Morgan fingerprint density at radius 3 is 2.76 bits per heavy atom. The zero-order chi connectivity index (χ0) is 12.9. The van der Waals surface area contributed by atoms with Gasteiger partial charge in [0.2, 0.25) is 10.0 Å². The summed E-state index contributed by atoms with van der Waals surface area (Å²) < 4.78 is 30.4. The number of carboxylic acids is 1. The van der Waals surface area contributed by atoms with Crippen LogP contribution in [0.2, 0.25) is 0 Å². The van der Waals surface area contributed by atoms with Crippen LogP contribution in [0.1, 0.15) is 12.8 Å². The molecule has 2 N–H and O–H groups in total. The minimum atomic E-state index is -3.36. The van der Waals surface area contributed by atoms with Crippen molar-refractivity contribution in [2.75, 3.05) is 19.5 Å². The van der Waals surface area contributed by atoms with Gasteiger partial charge in [-0.25, -0.2) is 13.1 Å². The normalized spacial score (nSPS) is 24.1. The number of aliphatic carboxylic acids is 1. The lowest BCUT2D eigenvalue weighted by Gasteiger charge is -2.12. The summed E-state index contributed by atoms with van der Waals surface area (Å²) in [5, 5.41) is 8.76. The van der Waals surface area contributed by atoms with Gasteiger partial charge >= 0.3 is 5.97 Å². The second-order valence-corrected chi connectivity index (χ2v) is 5.83. The average Bonchev–Trinajstić information content (AvgIpc) is 2.65. The first-order valence-corrected chi connectivity index (χ1v) is 7.00. The molecule has 0 aromatic heterocycles. The maximum Gasteiger partial charge on any atom is 0.310 e. The lowest BCUT2D eigenvalue weighted by molar-refractivity contribution is -0.140. The fraction of sp³-hybridized carbons (Fsp3) is 0.700. The molecule has 0 aliphatic heterocycles. The molecule has 0 aromatic rings. The van der Waals surface area contributed by atoms with Gasteiger partial charge in [-0.1, -0.05) is 12.2 Å². The van der Waals surface area contributed by atoms with Crippen molar-refractivity contribution in [2.24, 2.45) is 5.92 Å². The fourth-order valence-electron chi connectivity index (χ4n) is 1.65. The number of methoxy groups -OCH3 is 1. The van der Waals surface area contributed by atoms with E-state index in [1.807, 2.05) is 0 Å². The molecular weight excluding hydrogens is 246 g/mol. The molecule has 6 nitrogen and oxygen atoms in total. The highest BCUT2D eigenvalue weighted by Gasteiger charge is 2.26. The third kappa shape index (κ3) is 4.84. The first-order chi connectivity index (χ1) is 7.94. The summed E-state index contributed by atoms with van der Waals surface area (Å²) in [6.45, 7) is 0.388. The summed E-state index contributed by atoms with van der Waals surface area (Å²) in [6.07, 6.45) is 3.81. The number of rotatable bonds is 7. The SMILES string of the molecule is COCCCS(=O)(=O)NC1C=CC(C(=O)O)C1. The predicted molar refractivity (Wildman–Crippen MR) is 62.1 cm³/mol. The van der Waals surface area contributed by atoms with E-state index in [1.165, 1.54) is 13.2 Å². The van der Waals surface area contributed by atoms with E-state index in [0.29, 0.717) is 13.0 Å². The van der Waals surface area contributed by atoms with E-state index in [0.717, 1.165) is 0 Å². The Bertz CT molecular complexity index is 390. The van der Waals surface area contributed by atoms with Crippen LogP contribution in [0.25, 0.3) is 0 Å². The van der Waals surface area contributed by atoms with Gasteiger partial charge in [0, 0.05) is 19.8 Å². The molecule has 0 saturated carbocycles. The van der Waals surface area contributed by atoms with Gasteiger partial charge in [0.1, 0.15) is 0 Å². The molecule has 7 heteroatoms. The van der Waals surface area contributed by atoms with Crippen molar-refractivity contribution >= 4 is 16.0 Å². The van der Waals surface area contributed by atoms with Crippen LogP contribution in [0.15, 0.2) is 12.2 Å². The third-order valence-corrected chi connectivity index (χ3v) is 3.98. The molecule has 0 amide bonds. The minimum absolute atomic E-state index is 0.0110. The number of nitrogens with one attached hydrogen (secondary N) is 1. The van der Waals surface area contributed by atoms with E-state index in [-0.39, 0.29) is 12.2 Å². The number of hydrogen-bond donors (Lipinski definition) is 2. The van der Waals surface area contributed by atoms with Gasteiger partial charge in [-0.05, 0) is 12.8 Å². The Labute approximate surface area is 101 Å². The van der Waals surface area contributed by atoms with Gasteiger partial charge in [-0.15, -0.1) is 0 Å². The summed E-state index contributed by atoms with van der Waals surface area (Å²) in [5.41, 5.74) is 0.